The van der Waals surface area contributed by atoms with E-state index in [-0.39, 0.29) is 17.9 Å². The molecule has 3 heteroatoms. The van der Waals surface area contributed by atoms with E-state index < -0.39 is 0 Å². The van der Waals surface area contributed by atoms with Crippen molar-refractivity contribution < 1.29 is 17.9 Å². The van der Waals surface area contributed by atoms with Crippen molar-refractivity contribution in [1.82, 2.24) is 0 Å². The summed E-state index contributed by atoms with van der Waals surface area (Å²) >= 11 is 0. The van der Waals surface area contributed by atoms with E-state index in [0.717, 1.165) is 0 Å². The van der Waals surface area contributed by atoms with E-state index in [0.29, 0.717) is 0 Å². The molecule has 0 aliphatic carbocycles. The Morgan fingerprint density at radius 3 is 2.00 bits per heavy atom. The third-order valence-corrected chi connectivity index (χ3v) is 0. The van der Waals surface area contributed by atoms with Crippen molar-refractivity contribution in [2.24, 2.45) is 5.73 Å². The van der Waals surface area contributed by atoms with Crippen molar-refractivity contribution >= 4 is 0 Å². The molecular weight excluding hydrogens is 98.7 g/mol. The Balaban J connectivity index is -0.0000000200. The molecule has 26 valence electrons. The maximum Gasteiger partial charge on any atom is 1.00 e. The van der Waals surface area contributed by atoms with Gasteiger partial charge in [-0.05, 0) is 0 Å². The van der Waals surface area contributed by atoms with E-state index in [9.17, 15) is 0 Å². The molecule has 0 aliphatic rings. The van der Waals surface area contributed by atoms with Crippen molar-refractivity contribution in [3.8, 4) is 6.19 Å². The Morgan fingerprint density at radius 2 is 2.00 bits per heavy atom. The van der Waals surface area contributed by atoms with Crippen molar-refractivity contribution in [2.45, 2.75) is 0 Å². The van der Waals surface area contributed by atoms with E-state index >= 15 is 0 Å². The van der Waals surface area contributed by atoms with Crippen molar-refractivity contribution in [3.63, 3.8) is 0 Å². The molecule has 0 spiro atoms. The second kappa shape index (κ2) is 14.4. The molecule has 0 heterocycles. The fourth-order valence-corrected chi connectivity index (χ4v) is 0. The first-order chi connectivity index (χ1) is 1.41. The summed E-state index contributed by atoms with van der Waals surface area (Å²) in [6, 6.07) is 0. The molecule has 2 nitrogen and oxygen atoms in total. The van der Waals surface area contributed by atoms with Crippen LogP contribution in [-0.4, -0.2) is 0 Å². The molecule has 0 rings (SSSR count). The summed E-state index contributed by atoms with van der Waals surface area (Å²) in [4.78, 5) is 0. The molecule has 4 heavy (non-hydrogen) atoms. The van der Waals surface area contributed by atoms with Crippen LogP contribution in [0.2, 0.25) is 0 Å². The fraction of sp³-hybridized carbons (Fsp3) is 0. The Morgan fingerprint density at radius 1 is 2.00 bits per heavy atom. The van der Waals surface area contributed by atoms with Crippen LogP contribution in [0.1, 0.15) is 1.43 Å². The number of nitrogens with two attached hydrogens (primary N) is 1. The first kappa shape index (κ1) is 9.22. The first-order valence-electron chi connectivity index (χ1n) is 0.512. The van der Waals surface area contributed by atoms with Gasteiger partial charge in [-0.1, -0.05) is 0 Å². The quantitative estimate of drug-likeness (QED) is 0.255. The minimum Gasteiger partial charge on any atom is -0.337 e. The fourth-order valence-electron chi connectivity index (χ4n) is 0. The molecule has 0 unspecified atom stereocenters. The minimum absolute atomic E-state index is 0. The topological polar surface area (TPSA) is 49.8 Å². The molecule has 0 fully saturated rings. The molecule has 0 saturated carbocycles. The molecular formula is CH3N2Ni+. The van der Waals surface area contributed by atoms with Crippen LogP contribution in [0.15, 0.2) is 0 Å². The molecule has 0 aromatic carbocycles. The molecule has 0 aromatic heterocycles. The summed E-state index contributed by atoms with van der Waals surface area (Å²) in [6.45, 7) is 0. The van der Waals surface area contributed by atoms with Crippen LogP contribution in [0.3, 0.4) is 0 Å². The average molecular weight is 102 g/mol. The van der Waals surface area contributed by atoms with Gasteiger partial charge in [-0.15, -0.1) is 0 Å². The van der Waals surface area contributed by atoms with Crippen LogP contribution >= 0.6 is 0 Å². The third-order valence-electron chi connectivity index (χ3n) is 0. The van der Waals surface area contributed by atoms with Crippen LogP contribution in [0, 0.1) is 11.5 Å². The minimum atomic E-state index is 0. The number of rotatable bonds is 0. The Bertz CT molecular complexity index is 31.1. The maximum absolute atomic E-state index is 7.10. The second-order valence-corrected chi connectivity index (χ2v) is 0.129. The summed E-state index contributed by atoms with van der Waals surface area (Å²) in [5, 5.41) is 7.10. The summed E-state index contributed by atoms with van der Waals surface area (Å²) in [5.41, 5.74) is 4.15. The third kappa shape index (κ3) is 23.4. The van der Waals surface area contributed by atoms with Crippen molar-refractivity contribution in [3.05, 3.63) is 0 Å². The normalized spacial score (nSPS) is 1.75. The molecule has 0 aromatic rings. The SMILES string of the molecule is N#CN.[H+].[Ni]. The van der Waals surface area contributed by atoms with Crippen LogP contribution < -0.4 is 5.73 Å². The van der Waals surface area contributed by atoms with E-state index in [4.69, 9.17) is 5.26 Å². The van der Waals surface area contributed by atoms with Gasteiger partial charge < -0.3 is 5.73 Å². The van der Waals surface area contributed by atoms with Gasteiger partial charge in [-0.25, -0.2) is 0 Å². The Kier molecular flexibility index (Phi) is 33.2. The molecule has 0 aliphatic heterocycles. The summed E-state index contributed by atoms with van der Waals surface area (Å²) in [6.07, 6.45) is 1.25. The monoisotopic (exact) mass is 101 g/mol. The summed E-state index contributed by atoms with van der Waals surface area (Å²) in [7, 11) is 0. The standard InChI is InChI=1S/CH2N2.Ni/c2-1-3;/h2H2;/p+1. The zero-order valence-electron chi connectivity index (χ0n) is 2.84. The van der Waals surface area contributed by atoms with Crippen LogP contribution in [-0.2, 0) is 16.5 Å². The van der Waals surface area contributed by atoms with E-state index in [1.807, 2.05) is 0 Å². The molecule has 0 amide bonds. The average Bonchev–Trinajstić information content (AvgIpc) is 0.918. The van der Waals surface area contributed by atoms with Gasteiger partial charge in [-0.2, -0.15) is 5.26 Å². The largest absolute Gasteiger partial charge is 1.00 e. The van der Waals surface area contributed by atoms with Crippen molar-refractivity contribution in [1.29, 1.82) is 5.26 Å². The van der Waals surface area contributed by atoms with Gasteiger partial charge in [0.15, 0.2) is 6.19 Å². The summed E-state index contributed by atoms with van der Waals surface area (Å²) in [5.74, 6) is 0. The predicted octanol–water partition coefficient (Wildman–Crippen LogP) is -0.464. The smallest absolute Gasteiger partial charge is 0.337 e. The zero-order chi connectivity index (χ0) is 2.71. The Hall–Kier alpha value is -0.216. The molecule has 0 radical (unpaired) electrons. The number of hydrogen-bond acceptors (Lipinski definition) is 2. The van der Waals surface area contributed by atoms with Crippen LogP contribution in [0.25, 0.3) is 0 Å². The predicted molar refractivity (Wildman–Crippen MR) is 10.9 cm³/mol. The van der Waals surface area contributed by atoms with Gasteiger partial charge in [0.1, 0.15) is 0 Å². The van der Waals surface area contributed by atoms with E-state index in [1.165, 1.54) is 6.19 Å². The van der Waals surface area contributed by atoms with E-state index in [1.54, 1.807) is 0 Å². The maximum atomic E-state index is 7.10. The zero-order valence-corrected chi connectivity index (χ0v) is 2.83. The van der Waals surface area contributed by atoms with Gasteiger partial charge >= 0.3 is 1.43 Å². The van der Waals surface area contributed by atoms with Crippen LogP contribution in [0.5, 0.6) is 0 Å². The molecule has 0 bridgehead atoms. The first-order valence-corrected chi connectivity index (χ1v) is 0.512. The van der Waals surface area contributed by atoms with Gasteiger partial charge in [-0.3, -0.25) is 0 Å². The van der Waals surface area contributed by atoms with Gasteiger partial charge in [0, 0.05) is 16.5 Å². The molecule has 2 N–H and O–H groups in total. The molecule has 0 saturated heterocycles. The van der Waals surface area contributed by atoms with Gasteiger partial charge in [0.25, 0.3) is 0 Å². The second-order valence-electron chi connectivity index (χ2n) is 0.129. The Labute approximate surface area is 36.0 Å². The number of hydrogen-bond donors (Lipinski definition) is 1. The van der Waals surface area contributed by atoms with Crippen molar-refractivity contribution in [2.75, 3.05) is 0 Å². The van der Waals surface area contributed by atoms with Crippen LogP contribution in [0.4, 0.5) is 0 Å². The van der Waals surface area contributed by atoms with Gasteiger partial charge in [0.05, 0.1) is 0 Å². The molecule has 0 atom stereocenters. The van der Waals surface area contributed by atoms with Gasteiger partial charge in [0.2, 0.25) is 0 Å². The van der Waals surface area contributed by atoms with E-state index in [2.05, 4.69) is 5.73 Å². The number of nitrogens with zero attached hydrogens (tertiary/aromatic N) is 1. The number of nitriles is 1. The summed E-state index contributed by atoms with van der Waals surface area (Å²) < 4.78 is 0.